The molecule has 0 aliphatic carbocycles. The molecule has 1 atom stereocenters. The van der Waals surface area contributed by atoms with E-state index in [9.17, 15) is 0 Å². The summed E-state index contributed by atoms with van der Waals surface area (Å²) < 4.78 is 0. The maximum Gasteiger partial charge on any atom is 0.126 e. The Kier molecular flexibility index (Phi) is 3.54. The number of hydrogen-bond donors (Lipinski definition) is 2. The molecule has 0 radical (unpaired) electrons. The third kappa shape index (κ3) is 2.88. The topological polar surface area (TPSA) is 50.9 Å². The van der Waals surface area contributed by atoms with Crippen LogP contribution >= 0.6 is 0 Å². The van der Waals surface area contributed by atoms with Crippen molar-refractivity contribution in [2.24, 2.45) is 5.73 Å². The lowest BCUT2D eigenvalue weighted by Crippen LogP contribution is -2.19. The van der Waals surface area contributed by atoms with Crippen LogP contribution in [0.25, 0.3) is 0 Å². The number of nitrogens with one attached hydrogen (secondary N) is 1. The zero-order chi connectivity index (χ0) is 8.81. The van der Waals surface area contributed by atoms with Gasteiger partial charge in [-0.05, 0) is 32.0 Å². The van der Waals surface area contributed by atoms with E-state index in [4.69, 9.17) is 5.73 Å². The highest BCUT2D eigenvalue weighted by molar-refractivity contribution is 5.33. The number of nitrogens with two attached hydrogens (primary N) is 1. The molecule has 1 aromatic rings. The minimum absolute atomic E-state index is 0.393. The first-order valence-corrected chi connectivity index (χ1v) is 4.20. The lowest BCUT2D eigenvalue weighted by molar-refractivity contribution is 0.713. The van der Waals surface area contributed by atoms with E-state index in [-0.39, 0.29) is 0 Å². The number of rotatable bonds is 4. The van der Waals surface area contributed by atoms with Crippen molar-refractivity contribution in [3.8, 4) is 0 Å². The lowest BCUT2D eigenvalue weighted by Gasteiger charge is -2.12. The van der Waals surface area contributed by atoms with E-state index < -0.39 is 0 Å². The van der Waals surface area contributed by atoms with Gasteiger partial charge in [0.15, 0.2) is 0 Å². The highest BCUT2D eigenvalue weighted by atomic mass is 15.0. The second-order valence-electron chi connectivity index (χ2n) is 2.84. The second kappa shape index (κ2) is 4.72. The molecule has 0 saturated heterocycles. The smallest absolute Gasteiger partial charge is 0.126 e. The Labute approximate surface area is 73.0 Å². The van der Waals surface area contributed by atoms with Gasteiger partial charge >= 0.3 is 0 Å². The Hall–Kier alpha value is -1.09. The molecular weight excluding hydrogens is 150 g/mol. The molecule has 0 spiro atoms. The maximum absolute atomic E-state index is 5.42. The van der Waals surface area contributed by atoms with Crippen molar-refractivity contribution in [3.05, 3.63) is 24.4 Å². The maximum atomic E-state index is 5.42. The third-order valence-electron chi connectivity index (χ3n) is 1.66. The van der Waals surface area contributed by atoms with Gasteiger partial charge in [0.1, 0.15) is 5.82 Å². The molecule has 0 fully saturated rings. The van der Waals surface area contributed by atoms with Crippen LogP contribution in [0.4, 0.5) is 5.82 Å². The van der Waals surface area contributed by atoms with Crippen molar-refractivity contribution in [3.63, 3.8) is 0 Å². The Balaban J connectivity index is 2.41. The Morgan fingerprint density at radius 3 is 3.00 bits per heavy atom. The first-order chi connectivity index (χ1) is 5.83. The summed E-state index contributed by atoms with van der Waals surface area (Å²) in [6.07, 6.45) is 2.74. The first-order valence-electron chi connectivity index (χ1n) is 4.20. The van der Waals surface area contributed by atoms with Crippen LogP contribution in [0.5, 0.6) is 0 Å². The highest BCUT2D eigenvalue weighted by Crippen LogP contribution is 2.03. The van der Waals surface area contributed by atoms with Gasteiger partial charge in [0.2, 0.25) is 0 Å². The Bertz CT molecular complexity index is 210. The van der Waals surface area contributed by atoms with Crippen LogP contribution in [0.2, 0.25) is 0 Å². The van der Waals surface area contributed by atoms with Gasteiger partial charge in [0, 0.05) is 12.2 Å². The number of aromatic nitrogens is 1. The van der Waals surface area contributed by atoms with Crippen LogP contribution < -0.4 is 11.1 Å². The fourth-order valence-electron chi connectivity index (χ4n) is 1.02. The highest BCUT2D eigenvalue weighted by Gasteiger charge is 1.99. The molecule has 1 unspecified atom stereocenters. The standard InChI is InChI=1S/C9H15N3/c1-8(5-6-10)12-9-4-2-3-7-11-9/h2-4,7-8H,5-6,10H2,1H3,(H,11,12). The molecule has 0 aromatic carbocycles. The summed E-state index contributed by atoms with van der Waals surface area (Å²) in [4.78, 5) is 4.15. The molecule has 0 bridgehead atoms. The van der Waals surface area contributed by atoms with Crippen LogP contribution in [0.1, 0.15) is 13.3 Å². The molecule has 0 aliphatic rings. The second-order valence-corrected chi connectivity index (χ2v) is 2.84. The molecule has 1 rings (SSSR count). The molecule has 1 aromatic heterocycles. The largest absolute Gasteiger partial charge is 0.368 e. The van der Waals surface area contributed by atoms with Crippen molar-refractivity contribution in [2.45, 2.75) is 19.4 Å². The van der Waals surface area contributed by atoms with Crippen molar-refractivity contribution < 1.29 is 0 Å². The summed E-state index contributed by atoms with van der Waals surface area (Å²) in [6.45, 7) is 2.81. The summed E-state index contributed by atoms with van der Waals surface area (Å²) >= 11 is 0. The summed E-state index contributed by atoms with van der Waals surface area (Å²) in [5.41, 5.74) is 5.42. The lowest BCUT2D eigenvalue weighted by atomic mass is 10.2. The molecule has 0 saturated carbocycles. The Morgan fingerprint density at radius 1 is 1.58 bits per heavy atom. The quantitative estimate of drug-likeness (QED) is 0.705. The van der Waals surface area contributed by atoms with Gasteiger partial charge in [-0.2, -0.15) is 0 Å². The fraction of sp³-hybridized carbons (Fsp3) is 0.444. The van der Waals surface area contributed by atoms with E-state index in [2.05, 4.69) is 17.2 Å². The SMILES string of the molecule is CC(CCN)Nc1ccccn1. The van der Waals surface area contributed by atoms with Gasteiger partial charge in [-0.25, -0.2) is 4.98 Å². The molecule has 0 aliphatic heterocycles. The zero-order valence-electron chi connectivity index (χ0n) is 7.33. The number of hydrogen-bond acceptors (Lipinski definition) is 3. The van der Waals surface area contributed by atoms with E-state index in [0.29, 0.717) is 12.6 Å². The number of pyridine rings is 1. The summed E-state index contributed by atoms with van der Waals surface area (Å²) in [5, 5.41) is 3.25. The summed E-state index contributed by atoms with van der Waals surface area (Å²) in [6, 6.07) is 6.21. The average molecular weight is 165 g/mol. The molecular formula is C9H15N3. The molecule has 66 valence electrons. The van der Waals surface area contributed by atoms with Crippen LogP contribution in [-0.4, -0.2) is 17.6 Å². The summed E-state index contributed by atoms with van der Waals surface area (Å²) in [5.74, 6) is 0.915. The van der Waals surface area contributed by atoms with E-state index in [1.807, 2.05) is 18.2 Å². The van der Waals surface area contributed by atoms with Crippen molar-refractivity contribution >= 4 is 5.82 Å². The summed E-state index contributed by atoms with van der Waals surface area (Å²) in [7, 11) is 0. The predicted octanol–water partition coefficient (Wildman–Crippen LogP) is 1.23. The minimum Gasteiger partial charge on any atom is -0.368 e. The normalized spacial score (nSPS) is 12.5. The molecule has 3 nitrogen and oxygen atoms in total. The predicted molar refractivity (Wildman–Crippen MR) is 51.0 cm³/mol. The van der Waals surface area contributed by atoms with Crippen LogP contribution in [-0.2, 0) is 0 Å². The molecule has 12 heavy (non-hydrogen) atoms. The number of nitrogens with zero attached hydrogens (tertiary/aromatic N) is 1. The monoisotopic (exact) mass is 165 g/mol. The number of anilines is 1. The van der Waals surface area contributed by atoms with Crippen LogP contribution in [0.15, 0.2) is 24.4 Å². The molecule has 1 heterocycles. The Morgan fingerprint density at radius 2 is 2.42 bits per heavy atom. The molecule has 0 amide bonds. The third-order valence-corrected chi connectivity index (χ3v) is 1.66. The van der Waals surface area contributed by atoms with Gasteiger partial charge in [0.25, 0.3) is 0 Å². The van der Waals surface area contributed by atoms with Gasteiger partial charge in [-0.1, -0.05) is 6.07 Å². The minimum atomic E-state index is 0.393. The van der Waals surface area contributed by atoms with Crippen molar-refractivity contribution in [1.29, 1.82) is 0 Å². The van der Waals surface area contributed by atoms with Gasteiger partial charge in [-0.3, -0.25) is 0 Å². The molecule has 3 heteroatoms. The van der Waals surface area contributed by atoms with Crippen LogP contribution in [0, 0.1) is 0 Å². The van der Waals surface area contributed by atoms with Gasteiger partial charge in [-0.15, -0.1) is 0 Å². The van der Waals surface area contributed by atoms with E-state index in [1.54, 1.807) is 6.20 Å². The van der Waals surface area contributed by atoms with Gasteiger partial charge < -0.3 is 11.1 Å². The zero-order valence-corrected chi connectivity index (χ0v) is 7.33. The average Bonchev–Trinajstić information content (AvgIpc) is 2.06. The fourth-order valence-corrected chi connectivity index (χ4v) is 1.02. The van der Waals surface area contributed by atoms with E-state index in [0.717, 1.165) is 12.2 Å². The van der Waals surface area contributed by atoms with Crippen molar-refractivity contribution in [1.82, 2.24) is 4.98 Å². The van der Waals surface area contributed by atoms with E-state index >= 15 is 0 Å². The van der Waals surface area contributed by atoms with Crippen LogP contribution in [0.3, 0.4) is 0 Å². The first kappa shape index (κ1) is 9.00. The van der Waals surface area contributed by atoms with Crippen molar-refractivity contribution in [2.75, 3.05) is 11.9 Å². The van der Waals surface area contributed by atoms with Gasteiger partial charge in [0.05, 0.1) is 0 Å². The van der Waals surface area contributed by atoms with E-state index in [1.165, 1.54) is 0 Å². The molecule has 3 N–H and O–H groups in total.